The molecule has 0 fully saturated rings. The second-order valence-corrected chi connectivity index (χ2v) is 5.38. The maximum atomic E-state index is 6.19. The molecule has 1 atom stereocenters. The van der Waals surface area contributed by atoms with Crippen molar-refractivity contribution in [3.05, 3.63) is 65.2 Å². The fraction of sp³-hybridized carbons (Fsp3) is 0.333. The van der Waals surface area contributed by atoms with Gasteiger partial charge in [-0.3, -0.25) is 0 Å². The molecule has 0 bridgehead atoms. The average molecular weight is 267 g/mol. The van der Waals surface area contributed by atoms with E-state index in [9.17, 15) is 0 Å². The Balaban J connectivity index is 1.80. The van der Waals surface area contributed by atoms with Crippen LogP contribution in [0.5, 0.6) is 5.75 Å². The first-order chi connectivity index (χ1) is 9.86. The summed E-state index contributed by atoms with van der Waals surface area (Å²) in [6.45, 7) is 0.629. The second-order valence-electron chi connectivity index (χ2n) is 5.38. The van der Waals surface area contributed by atoms with Crippen LogP contribution in [0.15, 0.2) is 48.5 Å². The number of nitrogens with two attached hydrogens (primary N) is 1. The lowest BCUT2D eigenvalue weighted by atomic mass is 10.1. The van der Waals surface area contributed by atoms with E-state index < -0.39 is 0 Å². The Morgan fingerprint density at radius 1 is 1.00 bits per heavy atom. The Morgan fingerprint density at radius 3 is 2.60 bits per heavy atom. The Labute approximate surface area is 120 Å². The third-order valence-corrected chi connectivity index (χ3v) is 3.95. The van der Waals surface area contributed by atoms with Crippen molar-refractivity contribution in [2.24, 2.45) is 5.73 Å². The van der Waals surface area contributed by atoms with E-state index in [2.05, 4.69) is 30.3 Å². The smallest absolute Gasteiger partial charge is 0.125 e. The standard InChI is InChI=1S/C18H21NO/c19-12-11-18(15-5-2-1-3-6-15)20-17-10-9-14-7-4-8-16(14)13-17/h1-3,5-6,9-10,13,18H,4,7-8,11-12,19H2. The normalized spacial score (nSPS) is 14.8. The molecule has 0 saturated heterocycles. The molecule has 0 saturated carbocycles. The van der Waals surface area contributed by atoms with E-state index in [4.69, 9.17) is 10.5 Å². The minimum atomic E-state index is 0.0423. The van der Waals surface area contributed by atoms with Crippen molar-refractivity contribution >= 4 is 0 Å². The van der Waals surface area contributed by atoms with Crippen LogP contribution in [0.3, 0.4) is 0 Å². The molecule has 0 aliphatic heterocycles. The van der Waals surface area contributed by atoms with Crippen LogP contribution in [0.4, 0.5) is 0 Å². The van der Waals surface area contributed by atoms with Gasteiger partial charge in [0.2, 0.25) is 0 Å². The summed E-state index contributed by atoms with van der Waals surface area (Å²) >= 11 is 0. The molecule has 3 rings (SSSR count). The van der Waals surface area contributed by atoms with Gasteiger partial charge in [0.25, 0.3) is 0 Å². The highest BCUT2D eigenvalue weighted by atomic mass is 16.5. The molecule has 2 N–H and O–H groups in total. The summed E-state index contributed by atoms with van der Waals surface area (Å²) in [7, 11) is 0. The Hall–Kier alpha value is -1.80. The second kappa shape index (κ2) is 6.10. The van der Waals surface area contributed by atoms with Gasteiger partial charge in [0.15, 0.2) is 0 Å². The van der Waals surface area contributed by atoms with E-state index >= 15 is 0 Å². The zero-order valence-electron chi connectivity index (χ0n) is 11.7. The number of ether oxygens (including phenoxy) is 1. The van der Waals surface area contributed by atoms with Crippen molar-refractivity contribution < 1.29 is 4.74 Å². The van der Waals surface area contributed by atoms with Crippen LogP contribution in [0, 0.1) is 0 Å². The molecule has 1 aliphatic carbocycles. The molecular weight excluding hydrogens is 246 g/mol. The minimum absolute atomic E-state index is 0.0423. The van der Waals surface area contributed by atoms with E-state index in [1.54, 1.807) is 0 Å². The molecule has 104 valence electrons. The van der Waals surface area contributed by atoms with Crippen LogP contribution in [0.2, 0.25) is 0 Å². The maximum absolute atomic E-state index is 6.19. The maximum Gasteiger partial charge on any atom is 0.125 e. The molecule has 1 unspecified atom stereocenters. The van der Waals surface area contributed by atoms with Gasteiger partial charge in [0.1, 0.15) is 11.9 Å². The van der Waals surface area contributed by atoms with Gasteiger partial charge in [-0.05, 0) is 54.6 Å². The predicted octanol–water partition coefficient (Wildman–Crippen LogP) is 3.64. The molecule has 2 heteroatoms. The number of fused-ring (bicyclic) bond motifs is 1. The summed E-state index contributed by atoms with van der Waals surface area (Å²) in [6, 6.07) is 16.8. The molecule has 0 amide bonds. The highest BCUT2D eigenvalue weighted by molar-refractivity contribution is 5.38. The topological polar surface area (TPSA) is 35.2 Å². The third kappa shape index (κ3) is 2.86. The lowest BCUT2D eigenvalue weighted by Crippen LogP contribution is -2.13. The minimum Gasteiger partial charge on any atom is -0.486 e. The summed E-state index contributed by atoms with van der Waals surface area (Å²) in [5.74, 6) is 0.966. The highest BCUT2D eigenvalue weighted by Crippen LogP contribution is 2.29. The molecule has 0 aromatic heterocycles. The summed E-state index contributed by atoms with van der Waals surface area (Å²) < 4.78 is 6.19. The van der Waals surface area contributed by atoms with E-state index in [0.717, 1.165) is 12.2 Å². The number of aryl methyl sites for hydroxylation is 2. The van der Waals surface area contributed by atoms with Crippen molar-refractivity contribution in [1.29, 1.82) is 0 Å². The first-order valence-electron chi connectivity index (χ1n) is 7.40. The van der Waals surface area contributed by atoms with Gasteiger partial charge in [-0.1, -0.05) is 36.4 Å². The molecule has 1 aliphatic rings. The summed E-state index contributed by atoms with van der Waals surface area (Å²) in [6.07, 6.45) is 4.53. The van der Waals surface area contributed by atoms with Crippen molar-refractivity contribution in [2.45, 2.75) is 31.8 Å². The lowest BCUT2D eigenvalue weighted by Gasteiger charge is -2.19. The molecule has 0 radical (unpaired) electrons. The lowest BCUT2D eigenvalue weighted by molar-refractivity contribution is 0.197. The average Bonchev–Trinajstić information content (AvgIpc) is 2.95. The zero-order chi connectivity index (χ0) is 13.8. The molecule has 2 nitrogen and oxygen atoms in total. The van der Waals surface area contributed by atoms with Gasteiger partial charge in [-0.15, -0.1) is 0 Å². The molecule has 20 heavy (non-hydrogen) atoms. The highest BCUT2D eigenvalue weighted by Gasteiger charge is 2.15. The monoisotopic (exact) mass is 267 g/mol. The van der Waals surface area contributed by atoms with Crippen LogP contribution in [-0.2, 0) is 12.8 Å². The molecule has 0 spiro atoms. The van der Waals surface area contributed by atoms with Gasteiger partial charge in [-0.25, -0.2) is 0 Å². The number of rotatable bonds is 5. The zero-order valence-corrected chi connectivity index (χ0v) is 11.7. The Bertz CT molecular complexity index is 565. The van der Waals surface area contributed by atoms with Gasteiger partial charge in [0, 0.05) is 6.42 Å². The molecule has 0 heterocycles. The summed E-state index contributed by atoms with van der Waals surface area (Å²) in [5.41, 5.74) is 9.85. The van der Waals surface area contributed by atoms with Crippen molar-refractivity contribution in [3.8, 4) is 5.75 Å². The van der Waals surface area contributed by atoms with E-state index in [1.165, 1.54) is 36.0 Å². The Morgan fingerprint density at radius 2 is 1.80 bits per heavy atom. The van der Waals surface area contributed by atoms with Crippen LogP contribution < -0.4 is 10.5 Å². The molecular formula is C18H21NO. The Kier molecular flexibility index (Phi) is 4.03. The summed E-state index contributed by atoms with van der Waals surface area (Å²) in [4.78, 5) is 0. The number of hydrogen-bond acceptors (Lipinski definition) is 2. The van der Waals surface area contributed by atoms with Crippen molar-refractivity contribution in [2.75, 3.05) is 6.54 Å². The SMILES string of the molecule is NCCC(Oc1ccc2c(c1)CCC2)c1ccccc1. The third-order valence-electron chi connectivity index (χ3n) is 3.95. The van der Waals surface area contributed by atoms with E-state index in [-0.39, 0.29) is 6.10 Å². The van der Waals surface area contributed by atoms with Crippen LogP contribution in [0.1, 0.15) is 35.6 Å². The fourth-order valence-electron chi connectivity index (χ4n) is 2.90. The van der Waals surface area contributed by atoms with Crippen LogP contribution >= 0.6 is 0 Å². The molecule has 2 aromatic rings. The summed E-state index contributed by atoms with van der Waals surface area (Å²) in [5, 5.41) is 0. The molecule has 2 aromatic carbocycles. The van der Waals surface area contributed by atoms with E-state index in [0.29, 0.717) is 6.54 Å². The van der Waals surface area contributed by atoms with Gasteiger partial charge < -0.3 is 10.5 Å². The van der Waals surface area contributed by atoms with Gasteiger partial charge >= 0.3 is 0 Å². The van der Waals surface area contributed by atoms with Crippen LogP contribution in [0.25, 0.3) is 0 Å². The van der Waals surface area contributed by atoms with Gasteiger partial charge in [-0.2, -0.15) is 0 Å². The first-order valence-corrected chi connectivity index (χ1v) is 7.40. The fourth-order valence-corrected chi connectivity index (χ4v) is 2.90. The largest absolute Gasteiger partial charge is 0.486 e. The van der Waals surface area contributed by atoms with Gasteiger partial charge in [0.05, 0.1) is 0 Å². The van der Waals surface area contributed by atoms with Crippen molar-refractivity contribution in [1.82, 2.24) is 0 Å². The van der Waals surface area contributed by atoms with Crippen molar-refractivity contribution in [3.63, 3.8) is 0 Å². The quantitative estimate of drug-likeness (QED) is 0.897. The number of hydrogen-bond donors (Lipinski definition) is 1. The first kappa shape index (κ1) is 13.2. The van der Waals surface area contributed by atoms with Crippen LogP contribution in [-0.4, -0.2) is 6.54 Å². The number of benzene rings is 2. The van der Waals surface area contributed by atoms with E-state index in [1.807, 2.05) is 18.2 Å². The predicted molar refractivity (Wildman–Crippen MR) is 81.9 cm³/mol.